The van der Waals surface area contributed by atoms with Gasteiger partial charge in [0, 0.05) is 19.4 Å². The fourth-order valence-corrected chi connectivity index (χ4v) is 1.52. The number of anilines is 1. The molecule has 0 saturated heterocycles. The van der Waals surface area contributed by atoms with Gasteiger partial charge in [-0.15, -0.1) is 0 Å². The normalized spacial score (nSPS) is 10.3. The van der Waals surface area contributed by atoms with E-state index in [2.05, 4.69) is 20.4 Å². The van der Waals surface area contributed by atoms with Gasteiger partial charge in [-0.3, -0.25) is 14.8 Å². The average molecular weight is 252 g/mol. The van der Waals surface area contributed by atoms with Gasteiger partial charge in [0.1, 0.15) is 5.15 Å². The summed E-state index contributed by atoms with van der Waals surface area (Å²) in [7, 11) is 1.75. The predicted octanol–water partition coefficient (Wildman–Crippen LogP) is 1.42. The Bertz CT molecular complexity index is 566. The van der Waals surface area contributed by atoms with E-state index in [9.17, 15) is 4.79 Å². The Hall–Kier alpha value is -1.95. The first-order valence-electron chi connectivity index (χ1n) is 4.86. The van der Waals surface area contributed by atoms with E-state index in [1.165, 1.54) is 12.3 Å². The largest absolute Gasteiger partial charge is 0.290 e. The topological polar surface area (TPSA) is 72.7 Å². The van der Waals surface area contributed by atoms with Crippen LogP contribution in [0.15, 0.2) is 18.5 Å². The monoisotopic (exact) mass is 251 g/mol. The van der Waals surface area contributed by atoms with Gasteiger partial charge in [-0.2, -0.15) is 5.10 Å². The Morgan fingerprint density at radius 2 is 2.29 bits per heavy atom. The second kappa shape index (κ2) is 4.50. The highest BCUT2D eigenvalue weighted by molar-refractivity contribution is 6.29. The molecule has 0 aliphatic rings. The first-order valence-corrected chi connectivity index (χ1v) is 5.24. The molecule has 0 radical (unpaired) electrons. The SMILES string of the molecule is Cc1nn(C)cc1C(=O)Nc1nccc(Cl)n1. The lowest BCUT2D eigenvalue weighted by Crippen LogP contribution is -2.14. The summed E-state index contributed by atoms with van der Waals surface area (Å²) < 4.78 is 1.57. The molecule has 0 bridgehead atoms. The van der Waals surface area contributed by atoms with Crippen LogP contribution in [0.1, 0.15) is 16.1 Å². The first-order chi connectivity index (χ1) is 8.06. The number of aromatic nitrogens is 4. The quantitative estimate of drug-likeness (QED) is 0.820. The molecule has 17 heavy (non-hydrogen) atoms. The molecule has 0 aliphatic heterocycles. The molecule has 2 rings (SSSR count). The van der Waals surface area contributed by atoms with Crippen molar-refractivity contribution >= 4 is 23.5 Å². The molecule has 6 nitrogen and oxygen atoms in total. The van der Waals surface area contributed by atoms with Gasteiger partial charge >= 0.3 is 0 Å². The molecule has 1 N–H and O–H groups in total. The van der Waals surface area contributed by atoms with Crippen LogP contribution in [0.4, 0.5) is 5.95 Å². The van der Waals surface area contributed by atoms with Crippen LogP contribution >= 0.6 is 11.6 Å². The molecule has 0 aliphatic carbocycles. The zero-order valence-electron chi connectivity index (χ0n) is 9.31. The number of halogens is 1. The third-order valence-corrected chi connectivity index (χ3v) is 2.32. The molecule has 2 heterocycles. The third-order valence-electron chi connectivity index (χ3n) is 2.11. The smallest absolute Gasteiger partial charge is 0.261 e. The number of rotatable bonds is 2. The van der Waals surface area contributed by atoms with Gasteiger partial charge in [-0.05, 0) is 13.0 Å². The van der Waals surface area contributed by atoms with E-state index in [0.29, 0.717) is 11.3 Å². The highest BCUT2D eigenvalue weighted by atomic mass is 35.5. The number of hydrogen-bond acceptors (Lipinski definition) is 4. The maximum atomic E-state index is 11.9. The standard InChI is InChI=1S/C10H10ClN5O/c1-6-7(5-16(2)15-6)9(17)14-10-12-4-3-8(11)13-10/h3-5H,1-2H3,(H,12,13,14,17). The molecular formula is C10H10ClN5O. The maximum Gasteiger partial charge on any atom is 0.261 e. The van der Waals surface area contributed by atoms with E-state index < -0.39 is 0 Å². The molecule has 2 aromatic rings. The van der Waals surface area contributed by atoms with Crippen LogP contribution in [-0.2, 0) is 7.05 Å². The second-order valence-corrected chi connectivity index (χ2v) is 3.85. The number of aryl methyl sites for hydroxylation is 2. The van der Waals surface area contributed by atoms with E-state index in [1.807, 2.05) is 0 Å². The molecule has 0 atom stereocenters. The molecule has 88 valence electrons. The minimum absolute atomic E-state index is 0.172. The molecule has 0 unspecified atom stereocenters. The zero-order valence-corrected chi connectivity index (χ0v) is 10.1. The van der Waals surface area contributed by atoms with Gasteiger partial charge in [0.15, 0.2) is 0 Å². The van der Waals surface area contributed by atoms with Crippen molar-refractivity contribution in [3.8, 4) is 0 Å². The lowest BCUT2D eigenvalue weighted by molar-refractivity contribution is 0.102. The number of amides is 1. The summed E-state index contributed by atoms with van der Waals surface area (Å²) in [5.41, 5.74) is 1.13. The van der Waals surface area contributed by atoms with Crippen molar-refractivity contribution in [2.24, 2.45) is 7.05 Å². The number of nitrogens with zero attached hydrogens (tertiary/aromatic N) is 4. The Kier molecular flexibility index (Phi) is 3.06. The molecular weight excluding hydrogens is 242 g/mol. The van der Waals surface area contributed by atoms with Crippen molar-refractivity contribution in [3.05, 3.63) is 34.9 Å². The number of hydrogen-bond donors (Lipinski definition) is 1. The maximum absolute atomic E-state index is 11.9. The van der Waals surface area contributed by atoms with Crippen molar-refractivity contribution < 1.29 is 4.79 Å². The highest BCUT2D eigenvalue weighted by Gasteiger charge is 2.13. The fourth-order valence-electron chi connectivity index (χ4n) is 1.39. The Morgan fingerprint density at radius 3 is 2.88 bits per heavy atom. The van der Waals surface area contributed by atoms with Crippen LogP contribution in [-0.4, -0.2) is 25.7 Å². The van der Waals surface area contributed by atoms with Crippen molar-refractivity contribution in [2.75, 3.05) is 5.32 Å². The highest BCUT2D eigenvalue weighted by Crippen LogP contribution is 2.09. The molecule has 0 spiro atoms. The van der Waals surface area contributed by atoms with Crippen molar-refractivity contribution in [2.45, 2.75) is 6.92 Å². The zero-order chi connectivity index (χ0) is 12.4. The van der Waals surface area contributed by atoms with Crippen LogP contribution in [0.5, 0.6) is 0 Å². The van der Waals surface area contributed by atoms with Crippen molar-refractivity contribution in [1.29, 1.82) is 0 Å². The Labute approximate surface area is 103 Å². The van der Waals surface area contributed by atoms with E-state index in [0.717, 1.165) is 0 Å². The summed E-state index contributed by atoms with van der Waals surface area (Å²) in [6, 6.07) is 1.53. The summed E-state index contributed by atoms with van der Waals surface area (Å²) in [6.45, 7) is 1.76. The van der Waals surface area contributed by atoms with Crippen LogP contribution in [0.3, 0.4) is 0 Å². The number of nitrogens with one attached hydrogen (secondary N) is 1. The Morgan fingerprint density at radius 1 is 1.53 bits per heavy atom. The van der Waals surface area contributed by atoms with E-state index in [-0.39, 0.29) is 17.0 Å². The van der Waals surface area contributed by atoms with Crippen LogP contribution < -0.4 is 5.32 Å². The lowest BCUT2D eigenvalue weighted by atomic mass is 10.2. The van der Waals surface area contributed by atoms with Gasteiger partial charge in [0.2, 0.25) is 5.95 Å². The van der Waals surface area contributed by atoms with Crippen molar-refractivity contribution in [1.82, 2.24) is 19.7 Å². The lowest BCUT2D eigenvalue weighted by Gasteiger charge is -2.01. The van der Waals surface area contributed by atoms with Gasteiger partial charge in [0.05, 0.1) is 11.3 Å². The van der Waals surface area contributed by atoms with E-state index >= 15 is 0 Å². The summed E-state index contributed by atoms with van der Waals surface area (Å²) in [5, 5.41) is 6.91. The summed E-state index contributed by atoms with van der Waals surface area (Å²) in [4.78, 5) is 19.6. The molecule has 7 heteroatoms. The molecule has 0 fully saturated rings. The average Bonchev–Trinajstić information content (AvgIpc) is 2.58. The van der Waals surface area contributed by atoms with Gasteiger partial charge in [-0.25, -0.2) is 9.97 Å². The summed E-state index contributed by atoms with van der Waals surface area (Å²) >= 11 is 5.69. The third kappa shape index (κ3) is 2.59. The number of carbonyl (C=O) groups excluding carboxylic acids is 1. The van der Waals surface area contributed by atoms with Crippen molar-refractivity contribution in [3.63, 3.8) is 0 Å². The number of carbonyl (C=O) groups is 1. The molecule has 1 amide bonds. The minimum Gasteiger partial charge on any atom is -0.290 e. The first kappa shape index (κ1) is 11.5. The Balaban J connectivity index is 2.20. The second-order valence-electron chi connectivity index (χ2n) is 3.46. The fraction of sp³-hybridized carbons (Fsp3) is 0.200. The van der Waals surface area contributed by atoms with E-state index in [4.69, 9.17) is 11.6 Å². The predicted molar refractivity (Wildman–Crippen MR) is 62.9 cm³/mol. The van der Waals surface area contributed by atoms with Gasteiger partial charge < -0.3 is 0 Å². The minimum atomic E-state index is -0.308. The summed E-state index contributed by atoms with van der Waals surface area (Å²) in [6.07, 6.45) is 3.11. The molecule has 0 aromatic carbocycles. The molecule has 0 saturated carbocycles. The van der Waals surface area contributed by atoms with E-state index in [1.54, 1.807) is 24.9 Å². The molecule has 2 aromatic heterocycles. The van der Waals surface area contributed by atoms with Gasteiger partial charge in [0.25, 0.3) is 5.91 Å². The van der Waals surface area contributed by atoms with Crippen LogP contribution in [0, 0.1) is 6.92 Å². The van der Waals surface area contributed by atoms with Gasteiger partial charge in [-0.1, -0.05) is 11.6 Å². The van der Waals surface area contributed by atoms with Crippen LogP contribution in [0.2, 0.25) is 5.15 Å². The van der Waals surface area contributed by atoms with Crippen LogP contribution in [0.25, 0.3) is 0 Å². The summed E-state index contributed by atoms with van der Waals surface area (Å²) in [5.74, 6) is -0.136.